The number of carbonyl (C=O) groups excluding carboxylic acids is 2. The Bertz CT molecular complexity index is 612. The Morgan fingerprint density at radius 3 is 2.54 bits per heavy atom. The fraction of sp³-hybridized carbons (Fsp3) is 0.529. The highest BCUT2D eigenvalue weighted by atomic mass is 35.5. The summed E-state index contributed by atoms with van der Waals surface area (Å²) in [4.78, 5) is 23.9. The van der Waals surface area contributed by atoms with E-state index in [0.717, 1.165) is 12.8 Å². The number of amides is 1. The Hall–Kier alpha value is -1.30. The van der Waals surface area contributed by atoms with Crippen molar-refractivity contribution in [3.8, 4) is 0 Å². The molecule has 1 amide bonds. The van der Waals surface area contributed by atoms with Crippen LogP contribution in [0.2, 0.25) is 5.02 Å². The largest absolute Gasteiger partial charge is 0.465 e. The quantitative estimate of drug-likeness (QED) is 0.794. The van der Waals surface area contributed by atoms with Crippen LogP contribution < -0.4 is 10.6 Å². The van der Waals surface area contributed by atoms with E-state index in [1.165, 1.54) is 26.0 Å². The van der Waals surface area contributed by atoms with Gasteiger partial charge in [0.15, 0.2) is 0 Å². The molecule has 24 heavy (non-hydrogen) atoms. The molecular weight excluding hydrogens is 351 g/mol. The van der Waals surface area contributed by atoms with Crippen LogP contribution in [-0.2, 0) is 9.53 Å². The van der Waals surface area contributed by atoms with Crippen molar-refractivity contribution in [1.29, 1.82) is 0 Å². The van der Waals surface area contributed by atoms with Crippen LogP contribution in [0.15, 0.2) is 18.2 Å². The van der Waals surface area contributed by atoms with Gasteiger partial charge in [0.1, 0.15) is 0 Å². The number of fused-ring (bicyclic) bond motifs is 2. The van der Waals surface area contributed by atoms with Gasteiger partial charge in [0.25, 0.3) is 0 Å². The molecule has 5 nitrogen and oxygen atoms in total. The number of anilines is 1. The number of hydrogen-bond acceptors (Lipinski definition) is 4. The minimum absolute atomic E-state index is 0. The number of methoxy groups -OCH3 is 1. The lowest BCUT2D eigenvalue weighted by atomic mass is 9.89. The molecule has 2 fully saturated rings. The Morgan fingerprint density at radius 2 is 1.92 bits per heavy atom. The summed E-state index contributed by atoms with van der Waals surface area (Å²) in [5.74, 6) is -0.0830. The van der Waals surface area contributed by atoms with E-state index in [-0.39, 0.29) is 18.3 Å². The predicted molar refractivity (Wildman–Crippen MR) is 96.0 cm³/mol. The summed E-state index contributed by atoms with van der Waals surface area (Å²) in [5, 5.41) is 6.82. The second-order valence-corrected chi connectivity index (χ2v) is 6.88. The first-order valence-electron chi connectivity index (χ1n) is 7.98. The van der Waals surface area contributed by atoms with Gasteiger partial charge in [-0.2, -0.15) is 0 Å². The zero-order valence-corrected chi connectivity index (χ0v) is 15.1. The second kappa shape index (κ2) is 8.19. The van der Waals surface area contributed by atoms with Gasteiger partial charge in [0.2, 0.25) is 5.91 Å². The number of piperidine rings is 1. The van der Waals surface area contributed by atoms with E-state index in [1.54, 1.807) is 12.1 Å². The summed E-state index contributed by atoms with van der Waals surface area (Å²) in [6.07, 6.45) is 5.08. The topological polar surface area (TPSA) is 67.4 Å². The molecule has 2 saturated heterocycles. The van der Waals surface area contributed by atoms with Gasteiger partial charge in [-0.05, 0) is 49.8 Å². The molecule has 2 N–H and O–H groups in total. The van der Waals surface area contributed by atoms with E-state index in [4.69, 9.17) is 11.6 Å². The minimum Gasteiger partial charge on any atom is -0.465 e. The number of hydrogen-bond donors (Lipinski definition) is 2. The zero-order chi connectivity index (χ0) is 16.4. The van der Waals surface area contributed by atoms with Gasteiger partial charge < -0.3 is 15.4 Å². The van der Waals surface area contributed by atoms with E-state index in [2.05, 4.69) is 15.4 Å². The number of ether oxygens (including phenoxy) is 1. The number of carbonyl (C=O) groups is 2. The maximum absolute atomic E-state index is 12.3. The minimum atomic E-state index is -0.474. The van der Waals surface area contributed by atoms with Crippen molar-refractivity contribution < 1.29 is 14.3 Å². The average molecular weight is 373 g/mol. The van der Waals surface area contributed by atoms with Crippen molar-refractivity contribution in [2.24, 2.45) is 5.92 Å². The summed E-state index contributed by atoms with van der Waals surface area (Å²) in [7, 11) is 1.31. The molecule has 1 aromatic rings. The number of benzene rings is 1. The van der Waals surface area contributed by atoms with Gasteiger partial charge >= 0.3 is 5.97 Å². The molecule has 2 heterocycles. The molecule has 2 bridgehead atoms. The second-order valence-electron chi connectivity index (χ2n) is 6.45. The molecule has 2 atom stereocenters. The molecule has 1 aromatic carbocycles. The third-order valence-electron chi connectivity index (χ3n) is 4.65. The predicted octanol–water partition coefficient (Wildman–Crippen LogP) is 3.41. The van der Waals surface area contributed by atoms with Gasteiger partial charge in [0, 0.05) is 29.2 Å². The van der Waals surface area contributed by atoms with Crippen LogP contribution in [0, 0.1) is 5.92 Å². The standard InChI is InChI=1S/C17H21ClN2O3.ClH/c1-23-17(22)11-7-12(18)9-15(8-11)20-16(21)6-10-4-13-2-3-14(5-10)19-13;/h7-10,13-14,19H,2-6H2,1H3,(H,20,21);1H. The van der Waals surface area contributed by atoms with Crippen molar-refractivity contribution in [3.63, 3.8) is 0 Å². The first-order chi connectivity index (χ1) is 11.0. The molecular formula is C17H22Cl2N2O3. The lowest BCUT2D eigenvalue weighted by Crippen LogP contribution is -2.39. The summed E-state index contributed by atoms with van der Waals surface area (Å²) >= 11 is 6.01. The van der Waals surface area contributed by atoms with Crippen LogP contribution in [0.4, 0.5) is 5.69 Å². The van der Waals surface area contributed by atoms with Crippen LogP contribution in [0.5, 0.6) is 0 Å². The van der Waals surface area contributed by atoms with Crippen molar-refractivity contribution in [3.05, 3.63) is 28.8 Å². The molecule has 7 heteroatoms. The highest BCUT2D eigenvalue weighted by Gasteiger charge is 2.34. The first kappa shape index (κ1) is 19.0. The summed E-state index contributed by atoms with van der Waals surface area (Å²) in [6.45, 7) is 0. The molecule has 2 aliphatic heterocycles. The lowest BCUT2D eigenvalue weighted by molar-refractivity contribution is -0.117. The monoisotopic (exact) mass is 372 g/mol. The third kappa shape index (κ3) is 4.62. The van der Waals surface area contributed by atoms with Crippen LogP contribution in [0.1, 0.15) is 42.5 Å². The maximum atomic E-state index is 12.3. The van der Waals surface area contributed by atoms with Gasteiger partial charge in [-0.1, -0.05) is 11.6 Å². The molecule has 0 aliphatic carbocycles. The summed E-state index contributed by atoms with van der Waals surface area (Å²) in [6, 6.07) is 5.89. The van der Waals surface area contributed by atoms with Crippen LogP contribution in [-0.4, -0.2) is 31.1 Å². The van der Waals surface area contributed by atoms with Gasteiger partial charge in [-0.15, -0.1) is 12.4 Å². The molecule has 3 rings (SSSR count). The molecule has 0 aromatic heterocycles. The SMILES string of the molecule is COC(=O)c1cc(Cl)cc(NC(=O)CC2CC3CCC(C2)N3)c1.Cl. The van der Waals surface area contributed by atoms with Crippen molar-refractivity contribution in [2.75, 3.05) is 12.4 Å². The van der Waals surface area contributed by atoms with Gasteiger partial charge in [-0.25, -0.2) is 4.79 Å². The molecule has 132 valence electrons. The smallest absolute Gasteiger partial charge is 0.337 e. The summed E-state index contributed by atoms with van der Waals surface area (Å²) in [5.41, 5.74) is 0.856. The first-order valence-corrected chi connectivity index (χ1v) is 8.36. The van der Waals surface area contributed by atoms with E-state index in [1.807, 2.05) is 0 Å². The number of rotatable bonds is 4. The fourth-order valence-corrected chi connectivity index (χ4v) is 3.95. The van der Waals surface area contributed by atoms with Crippen LogP contribution in [0.3, 0.4) is 0 Å². The Labute approximate surface area is 152 Å². The highest BCUT2D eigenvalue weighted by molar-refractivity contribution is 6.31. The Morgan fingerprint density at radius 1 is 1.25 bits per heavy atom. The molecule has 0 spiro atoms. The number of esters is 1. The lowest BCUT2D eigenvalue weighted by Gasteiger charge is -2.28. The Balaban J connectivity index is 0.00000208. The van der Waals surface area contributed by atoms with E-state index in [0.29, 0.717) is 40.7 Å². The van der Waals surface area contributed by atoms with Gasteiger partial charge in [0.05, 0.1) is 12.7 Å². The highest BCUT2D eigenvalue weighted by Crippen LogP contribution is 2.33. The zero-order valence-electron chi connectivity index (χ0n) is 13.5. The molecule has 0 radical (unpaired) electrons. The summed E-state index contributed by atoms with van der Waals surface area (Å²) < 4.78 is 4.69. The van der Waals surface area contributed by atoms with Crippen molar-refractivity contribution in [1.82, 2.24) is 5.32 Å². The number of halogens is 2. The van der Waals surface area contributed by atoms with Crippen molar-refractivity contribution >= 4 is 41.6 Å². The average Bonchev–Trinajstić information content (AvgIpc) is 2.84. The third-order valence-corrected chi connectivity index (χ3v) is 4.87. The van der Waals surface area contributed by atoms with Gasteiger partial charge in [-0.3, -0.25) is 4.79 Å². The Kier molecular flexibility index (Phi) is 6.49. The molecule has 2 unspecified atom stereocenters. The maximum Gasteiger partial charge on any atom is 0.337 e. The number of nitrogens with one attached hydrogen (secondary N) is 2. The van der Waals surface area contributed by atoms with Crippen LogP contribution in [0.25, 0.3) is 0 Å². The normalized spacial score (nSPS) is 24.8. The van der Waals surface area contributed by atoms with Crippen LogP contribution >= 0.6 is 24.0 Å². The van der Waals surface area contributed by atoms with E-state index in [9.17, 15) is 9.59 Å². The molecule has 0 saturated carbocycles. The molecule has 2 aliphatic rings. The van der Waals surface area contributed by atoms with E-state index < -0.39 is 5.97 Å². The van der Waals surface area contributed by atoms with E-state index >= 15 is 0 Å². The van der Waals surface area contributed by atoms with Crippen molar-refractivity contribution in [2.45, 2.75) is 44.2 Å². The fourth-order valence-electron chi connectivity index (χ4n) is 3.71.